The number of aromatic nitrogens is 1. The van der Waals surface area contributed by atoms with Crippen molar-refractivity contribution >= 4 is 49.8 Å². The van der Waals surface area contributed by atoms with Gasteiger partial charge in [-0.1, -0.05) is 29.5 Å². The molecule has 6 rings (SSSR count). The number of fused-ring (bicyclic) bond motifs is 2. The highest BCUT2D eigenvalue weighted by Crippen LogP contribution is 2.45. The maximum atomic E-state index is 13.5. The summed E-state index contributed by atoms with van der Waals surface area (Å²) in [6, 6.07) is 15.4. The molecule has 1 fully saturated rings. The number of carbonyl (C=O) groups excluding carboxylic acids is 2. The number of carbonyl (C=O) groups is 2. The lowest BCUT2D eigenvalue weighted by molar-refractivity contribution is -0.384. The second-order valence-electron chi connectivity index (χ2n) is 9.44. The van der Waals surface area contributed by atoms with Gasteiger partial charge >= 0.3 is 5.91 Å². The van der Waals surface area contributed by atoms with E-state index in [1.165, 1.54) is 34.4 Å². The van der Waals surface area contributed by atoms with Gasteiger partial charge in [-0.15, -0.1) is 0 Å². The van der Waals surface area contributed by atoms with Crippen molar-refractivity contribution in [1.82, 2.24) is 4.98 Å². The summed E-state index contributed by atoms with van der Waals surface area (Å²) in [7, 11) is 0. The summed E-state index contributed by atoms with van der Waals surface area (Å²) in [5.41, 5.74) is 2.87. The summed E-state index contributed by atoms with van der Waals surface area (Å²) in [5.74, 6) is -1.41. The molecule has 9 nitrogen and oxygen atoms in total. The van der Waals surface area contributed by atoms with E-state index in [-0.39, 0.29) is 28.3 Å². The number of ether oxygens (including phenoxy) is 1. The number of amides is 1. The smallest absolute Gasteiger partial charge is 0.301 e. The van der Waals surface area contributed by atoms with Gasteiger partial charge < -0.3 is 9.84 Å². The van der Waals surface area contributed by atoms with Crippen LogP contribution in [-0.4, -0.2) is 32.8 Å². The summed E-state index contributed by atoms with van der Waals surface area (Å²) >= 11 is 1.24. The molecule has 1 N–H and O–H groups in total. The van der Waals surface area contributed by atoms with Crippen molar-refractivity contribution in [3.05, 3.63) is 98.6 Å². The van der Waals surface area contributed by atoms with E-state index < -0.39 is 22.7 Å². The highest BCUT2D eigenvalue weighted by molar-refractivity contribution is 7.22. The van der Waals surface area contributed by atoms with Crippen LogP contribution in [0.25, 0.3) is 16.0 Å². The molecule has 0 spiro atoms. The van der Waals surface area contributed by atoms with E-state index in [1.807, 2.05) is 32.0 Å². The lowest BCUT2D eigenvalue weighted by Crippen LogP contribution is -2.29. The van der Waals surface area contributed by atoms with E-state index in [2.05, 4.69) is 4.98 Å². The van der Waals surface area contributed by atoms with Crippen LogP contribution in [0.2, 0.25) is 0 Å². The Bertz CT molecular complexity index is 1710. The second-order valence-corrected chi connectivity index (χ2v) is 10.5. The number of nitro benzene ring substituents is 1. The average Bonchev–Trinajstić information content (AvgIpc) is 3.55. The van der Waals surface area contributed by atoms with Crippen LogP contribution < -0.4 is 9.64 Å². The molecular formula is C28H21N3O6S. The van der Waals surface area contributed by atoms with Gasteiger partial charge in [-0.3, -0.25) is 24.6 Å². The van der Waals surface area contributed by atoms with Gasteiger partial charge in [0.2, 0.25) is 0 Å². The molecule has 4 aromatic rings. The Morgan fingerprint density at radius 2 is 1.97 bits per heavy atom. The Labute approximate surface area is 220 Å². The second kappa shape index (κ2) is 8.77. The first-order valence-corrected chi connectivity index (χ1v) is 12.8. The van der Waals surface area contributed by atoms with Crippen LogP contribution in [-0.2, 0) is 16.0 Å². The number of Topliss-reactive ketones (excluding diaryl/α,β-unsaturated/α-hetero) is 1. The summed E-state index contributed by atoms with van der Waals surface area (Å²) in [6.45, 7) is 3.88. The molecule has 0 aliphatic carbocycles. The van der Waals surface area contributed by atoms with E-state index in [9.17, 15) is 24.8 Å². The fourth-order valence-corrected chi connectivity index (χ4v) is 6.09. The van der Waals surface area contributed by atoms with Crippen molar-refractivity contribution in [2.45, 2.75) is 32.4 Å². The third kappa shape index (κ3) is 3.81. The first kappa shape index (κ1) is 23.8. The molecule has 38 heavy (non-hydrogen) atoms. The molecule has 2 aliphatic heterocycles. The maximum absolute atomic E-state index is 13.5. The van der Waals surface area contributed by atoms with Crippen LogP contribution in [0.1, 0.15) is 35.2 Å². The van der Waals surface area contributed by atoms with E-state index >= 15 is 0 Å². The normalized spacial score (nSPS) is 20.1. The Balaban J connectivity index is 1.56. The lowest BCUT2D eigenvalue weighted by Gasteiger charge is -2.22. The highest BCUT2D eigenvalue weighted by atomic mass is 32.1. The topological polar surface area (TPSA) is 123 Å². The molecule has 1 amide bonds. The number of nitrogens with zero attached hydrogens (tertiary/aromatic N) is 3. The number of hydrogen-bond donors (Lipinski definition) is 1. The van der Waals surface area contributed by atoms with Gasteiger partial charge in [0.1, 0.15) is 17.6 Å². The molecule has 1 saturated heterocycles. The maximum Gasteiger partial charge on any atom is 0.301 e. The summed E-state index contributed by atoms with van der Waals surface area (Å²) in [4.78, 5) is 43.8. The van der Waals surface area contributed by atoms with Crippen molar-refractivity contribution < 1.29 is 24.4 Å². The fraction of sp³-hybridized carbons (Fsp3) is 0.179. The number of nitro groups is 1. The molecule has 2 unspecified atom stereocenters. The predicted octanol–water partition coefficient (Wildman–Crippen LogP) is 5.46. The van der Waals surface area contributed by atoms with E-state index in [1.54, 1.807) is 24.3 Å². The first-order chi connectivity index (χ1) is 18.2. The van der Waals surface area contributed by atoms with Crippen molar-refractivity contribution in [1.29, 1.82) is 0 Å². The van der Waals surface area contributed by atoms with Crippen LogP contribution >= 0.6 is 11.3 Å². The Morgan fingerprint density at radius 1 is 1.16 bits per heavy atom. The Morgan fingerprint density at radius 3 is 2.76 bits per heavy atom. The zero-order valence-corrected chi connectivity index (χ0v) is 21.2. The van der Waals surface area contributed by atoms with E-state index in [0.29, 0.717) is 28.8 Å². The number of hydrogen-bond acceptors (Lipinski definition) is 8. The zero-order chi connectivity index (χ0) is 26.7. The number of non-ortho nitro benzene ring substituents is 1. The number of benzene rings is 3. The first-order valence-electron chi connectivity index (χ1n) is 11.9. The van der Waals surface area contributed by atoms with Crippen molar-refractivity contribution in [3.63, 3.8) is 0 Å². The highest BCUT2D eigenvalue weighted by Gasteiger charge is 2.48. The molecule has 3 aromatic carbocycles. The minimum Gasteiger partial charge on any atom is -0.507 e. The summed E-state index contributed by atoms with van der Waals surface area (Å²) < 4.78 is 6.57. The third-order valence-electron chi connectivity index (χ3n) is 6.75. The van der Waals surface area contributed by atoms with Gasteiger partial charge in [-0.2, -0.15) is 0 Å². The lowest BCUT2D eigenvalue weighted by atomic mass is 9.94. The Kier molecular flexibility index (Phi) is 5.50. The molecule has 10 heteroatoms. The molecule has 0 radical (unpaired) electrons. The fourth-order valence-electron chi connectivity index (χ4n) is 5.00. The Hall–Kier alpha value is -4.57. The molecule has 0 bridgehead atoms. The minimum atomic E-state index is -1.11. The summed E-state index contributed by atoms with van der Waals surface area (Å²) in [5, 5.41) is 23.3. The van der Waals surface area contributed by atoms with Gasteiger partial charge in [0.25, 0.3) is 11.5 Å². The summed E-state index contributed by atoms with van der Waals surface area (Å²) in [6.07, 6.45) is 0.630. The molecular weight excluding hydrogens is 506 g/mol. The molecule has 1 aromatic heterocycles. The third-order valence-corrected chi connectivity index (χ3v) is 7.77. The molecule has 0 saturated carbocycles. The van der Waals surface area contributed by atoms with E-state index in [4.69, 9.17) is 4.74 Å². The van der Waals surface area contributed by atoms with Crippen molar-refractivity contribution in [3.8, 4) is 5.75 Å². The van der Waals surface area contributed by atoms with Gasteiger partial charge in [0.15, 0.2) is 5.13 Å². The van der Waals surface area contributed by atoms with Crippen molar-refractivity contribution in [2.75, 3.05) is 4.90 Å². The van der Waals surface area contributed by atoms with E-state index in [0.717, 1.165) is 15.8 Å². The van der Waals surface area contributed by atoms with Crippen LogP contribution in [0, 0.1) is 17.0 Å². The minimum absolute atomic E-state index is 0.0134. The van der Waals surface area contributed by atoms with Crippen LogP contribution in [0.15, 0.2) is 66.2 Å². The zero-order valence-electron chi connectivity index (χ0n) is 20.4. The number of aryl methyl sites for hydroxylation is 1. The van der Waals surface area contributed by atoms with Crippen LogP contribution in [0.5, 0.6) is 5.75 Å². The van der Waals surface area contributed by atoms with Crippen LogP contribution in [0.4, 0.5) is 10.8 Å². The number of thiazole rings is 1. The number of ketones is 1. The quantitative estimate of drug-likeness (QED) is 0.123. The van der Waals surface area contributed by atoms with Gasteiger partial charge in [-0.25, -0.2) is 4.98 Å². The van der Waals surface area contributed by atoms with Gasteiger partial charge in [-0.05, 0) is 60.9 Å². The molecule has 2 atom stereocenters. The molecule has 190 valence electrons. The SMILES string of the molecule is Cc1ccc2nc(N3C(=O)C(=O)/C(=C(\O)c4ccc5c(c4)CC(C)O5)C3c3cccc([N+](=O)[O-])c3)sc2c1. The largest absolute Gasteiger partial charge is 0.507 e. The molecule has 3 heterocycles. The average molecular weight is 528 g/mol. The standard InChI is InChI=1S/C28H21N3O6S/c1-14-6-8-20-22(10-14)38-28(29-20)30-24(16-4-3-5-19(13-16)31(35)36)23(26(33)27(30)34)25(32)17-7-9-21-18(12-17)11-15(2)37-21/h3-10,12-13,15,24,32H,11H2,1-2H3/b25-23-. The molecule has 2 aliphatic rings. The number of aliphatic hydroxyl groups is 1. The van der Waals surface area contributed by atoms with Crippen LogP contribution in [0.3, 0.4) is 0 Å². The number of rotatable bonds is 4. The monoisotopic (exact) mass is 527 g/mol. The number of aliphatic hydroxyl groups excluding tert-OH is 1. The van der Waals surface area contributed by atoms with Gasteiger partial charge in [0, 0.05) is 24.1 Å². The predicted molar refractivity (Wildman–Crippen MR) is 142 cm³/mol. The van der Waals surface area contributed by atoms with Crippen molar-refractivity contribution in [2.24, 2.45) is 0 Å². The van der Waals surface area contributed by atoms with Gasteiger partial charge in [0.05, 0.1) is 26.8 Å². The number of anilines is 1.